The third kappa shape index (κ3) is 1.60. The lowest BCUT2D eigenvalue weighted by molar-refractivity contribution is 0.0467. The Morgan fingerprint density at radius 1 is 1.00 bits per heavy atom. The molecule has 0 radical (unpaired) electrons. The van der Waals surface area contributed by atoms with Crippen LogP contribution in [-0.4, -0.2) is 25.3 Å². The van der Waals surface area contributed by atoms with E-state index in [0.29, 0.717) is 13.1 Å². The van der Waals surface area contributed by atoms with Crippen LogP contribution in [0.4, 0.5) is 8.78 Å². The van der Waals surface area contributed by atoms with E-state index in [1.54, 1.807) is 0 Å². The Hall–Kier alpha value is -1.07. The van der Waals surface area contributed by atoms with Crippen LogP contribution in [0, 0.1) is 11.6 Å². The maximum Gasteiger partial charge on any atom is 0.200 e. The van der Waals surface area contributed by atoms with Crippen LogP contribution in [0.1, 0.15) is 0 Å². The van der Waals surface area contributed by atoms with Crippen LogP contribution in [0.5, 0.6) is 11.5 Å². The van der Waals surface area contributed by atoms with Crippen molar-refractivity contribution in [1.82, 2.24) is 5.32 Å². The van der Waals surface area contributed by atoms with Crippen LogP contribution in [0.15, 0.2) is 12.1 Å². The zero-order chi connectivity index (χ0) is 10.4. The van der Waals surface area contributed by atoms with Crippen molar-refractivity contribution in [3.8, 4) is 11.5 Å². The van der Waals surface area contributed by atoms with Crippen molar-refractivity contribution >= 4 is 12.4 Å². The first-order valence-electron chi connectivity index (χ1n) is 4.78. The van der Waals surface area contributed by atoms with Gasteiger partial charge in [0.25, 0.3) is 0 Å². The number of benzene rings is 1. The van der Waals surface area contributed by atoms with Crippen molar-refractivity contribution in [2.75, 3.05) is 13.1 Å². The second-order valence-electron chi connectivity index (χ2n) is 3.66. The molecule has 2 atom stereocenters. The van der Waals surface area contributed by atoms with E-state index in [9.17, 15) is 8.78 Å². The lowest BCUT2D eigenvalue weighted by Gasteiger charge is -2.28. The van der Waals surface area contributed by atoms with Crippen molar-refractivity contribution < 1.29 is 18.3 Å². The van der Waals surface area contributed by atoms with E-state index < -0.39 is 11.6 Å². The van der Waals surface area contributed by atoms with Gasteiger partial charge in [-0.25, -0.2) is 8.78 Å². The second-order valence-corrected chi connectivity index (χ2v) is 3.66. The molecular weight excluding hydrogens is 240 g/mol. The second kappa shape index (κ2) is 4.07. The van der Waals surface area contributed by atoms with Crippen molar-refractivity contribution in [3.05, 3.63) is 23.8 Å². The van der Waals surface area contributed by atoms with Gasteiger partial charge >= 0.3 is 0 Å². The molecular formula is C10H10ClF2NO2. The summed E-state index contributed by atoms with van der Waals surface area (Å²) >= 11 is 0. The number of halogens is 3. The molecule has 0 bridgehead atoms. The number of rotatable bonds is 0. The summed E-state index contributed by atoms with van der Waals surface area (Å²) < 4.78 is 37.4. The third-order valence-electron chi connectivity index (χ3n) is 2.66. The molecule has 0 amide bonds. The Labute approximate surface area is 97.1 Å². The predicted octanol–water partition coefficient (Wildman–Crippen LogP) is 1.50. The quantitative estimate of drug-likeness (QED) is 0.756. The smallest absolute Gasteiger partial charge is 0.200 e. The van der Waals surface area contributed by atoms with E-state index in [1.165, 1.54) is 0 Å². The van der Waals surface area contributed by atoms with Crippen LogP contribution in [0.3, 0.4) is 0 Å². The van der Waals surface area contributed by atoms with Crippen molar-refractivity contribution in [3.63, 3.8) is 0 Å². The summed E-state index contributed by atoms with van der Waals surface area (Å²) in [6, 6.07) is 2.08. The fourth-order valence-corrected chi connectivity index (χ4v) is 1.90. The Balaban J connectivity index is 0.000000963. The van der Waals surface area contributed by atoms with Crippen LogP contribution >= 0.6 is 12.4 Å². The summed E-state index contributed by atoms with van der Waals surface area (Å²) in [4.78, 5) is 0. The van der Waals surface area contributed by atoms with E-state index in [4.69, 9.17) is 9.47 Å². The lowest BCUT2D eigenvalue weighted by atomic mass is 10.2. The van der Waals surface area contributed by atoms with E-state index in [-0.39, 0.29) is 36.1 Å². The molecule has 0 unspecified atom stereocenters. The van der Waals surface area contributed by atoms with E-state index in [1.807, 2.05) is 0 Å². The molecule has 0 aromatic heterocycles. The molecule has 6 heteroatoms. The molecule has 2 heterocycles. The molecule has 16 heavy (non-hydrogen) atoms. The van der Waals surface area contributed by atoms with Gasteiger partial charge in [0, 0.05) is 13.1 Å². The molecule has 3 rings (SSSR count). The molecule has 1 saturated heterocycles. The number of hydrogen-bond donors (Lipinski definition) is 1. The maximum absolute atomic E-state index is 13.3. The largest absolute Gasteiger partial charge is 0.478 e. The average molecular weight is 250 g/mol. The van der Waals surface area contributed by atoms with Crippen LogP contribution in [0.2, 0.25) is 0 Å². The molecule has 1 N–H and O–H groups in total. The maximum atomic E-state index is 13.3. The molecule has 1 fully saturated rings. The Morgan fingerprint density at radius 2 is 1.44 bits per heavy atom. The first kappa shape index (κ1) is 11.4. The Morgan fingerprint density at radius 3 is 1.88 bits per heavy atom. The zero-order valence-electron chi connectivity index (χ0n) is 8.20. The minimum Gasteiger partial charge on any atom is -0.478 e. The van der Waals surface area contributed by atoms with Gasteiger partial charge in [-0.05, 0) is 12.1 Å². The van der Waals surface area contributed by atoms with Gasteiger partial charge in [-0.1, -0.05) is 0 Å². The van der Waals surface area contributed by atoms with Crippen LogP contribution in [0.25, 0.3) is 0 Å². The molecule has 0 saturated carbocycles. The van der Waals surface area contributed by atoms with Gasteiger partial charge in [-0.2, -0.15) is 0 Å². The lowest BCUT2D eigenvalue weighted by Crippen LogP contribution is -2.39. The highest BCUT2D eigenvalue weighted by Gasteiger charge is 2.38. The highest BCUT2D eigenvalue weighted by Crippen LogP contribution is 2.39. The van der Waals surface area contributed by atoms with Gasteiger partial charge in [0.05, 0.1) is 0 Å². The molecule has 88 valence electrons. The SMILES string of the molecule is Cl.Fc1ccc(F)c2c1O[C@H]1CNC[C@H]1O2. The average Bonchev–Trinajstić information content (AvgIpc) is 2.69. The number of nitrogens with one attached hydrogen (secondary N) is 1. The van der Waals surface area contributed by atoms with Gasteiger partial charge in [0.2, 0.25) is 11.5 Å². The van der Waals surface area contributed by atoms with E-state index >= 15 is 0 Å². The molecule has 2 aliphatic heterocycles. The third-order valence-corrected chi connectivity index (χ3v) is 2.66. The minimum absolute atomic E-state index is 0. The number of fused-ring (bicyclic) bond motifs is 2. The topological polar surface area (TPSA) is 30.5 Å². The van der Waals surface area contributed by atoms with E-state index in [0.717, 1.165) is 12.1 Å². The zero-order valence-corrected chi connectivity index (χ0v) is 9.02. The molecule has 1 aromatic rings. The summed E-state index contributed by atoms with van der Waals surface area (Å²) in [6.07, 6.45) is -0.456. The normalized spacial score (nSPS) is 25.9. The molecule has 0 aliphatic carbocycles. The predicted molar refractivity (Wildman–Crippen MR) is 55.3 cm³/mol. The first-order valence-corrected chi connectivity index (χ1v) is 4.78. The fraction of sp³-hybridized carbons (Fsp3) is 0.400. The van der Waals surface area contributed by atoms with Crippen LogP contribution in [-0.2, 0) is 0 Å². The van der Waals surface area contributed by atoms with Gasteiger partial charge in [-0.3, -0.25) is 0 Å². The summed E-state index contributed by atoms with van der Waals surface area (Å²) in [5, 5.41) is 3.04. The van der Waals surface area contributed by atoms with E-state index in [2.05, 4.69) is 5.32 Å². The molecule has 1 aromatic carbocycles. The first-order chi connectivity index (χ1) is 7.25. The monoisotopic (exact) mass is 249 g/mol. The summed E-state index contributed by atoms with van der Waals surface area (Å²) in [6.45, 7) is 1.19. The van der Waals surface area contributed by atoms with Crippen molar-refractivity contribution in [2.24, 2.45) is 0 Å². The fourth-order valence-electron chi connectivity index (χ4n) is 1.90. The summed E-state index contributed by atoms with van der Waals surface area (Å²) in [5.74, 6) is -1.39. The summed E-state index contributed by atoms with van der Waals surface area (Å²) in [7, 11) is 0. The summed E-state index contributed by atoms with van der Waals surface area (Å²) in [5.41, 5.74) is 0. The molecule has 0 spiro atoms. The van der Waals surface area contributed by atoms with Crippen molar-refractivity contribution in [1.29, 1.82) is 0 Å². The van der Waals surface area contributed by atoms with Gasteiger partial charge in [0.15, 0.2) is 11.6 Å². The van der Waals surface area contributed by atoms with Gasteiger partial charge < -0.3 is 14.8 Å². The van der Waals surface area contributed by atoms with Crippen molar-refractivity contribution in [2.45, 2.75) is 12.2 Å². The number of hydrogen-bond acceptors (Lipinski definition) is 3. The standard InChI is InChI=1S/C10H9F2NO2.ClH/c11-5-1-2-6(12)10-9(5)14-7-3-13-4-8(7)15-10;/h1-2,7-8,13H,3-4H2;1H/t7-,8+;. The molecule has 3 nitrogen and oxygen atoms in total. The molecule has 2 aliphatic rings. The van der Waals surface area contributed by atoms with Crippen LogP contribution < -0.4 is 14.8 Å². The number of ether oxygens (including phenoxy) is 2. The minimum atomic E-state index is -0.586. The van der Waals surface area contributed by atoms with Gasteiger partial charge in [0.1, 0.15) is 12.2 Å². The Bertz CT molecular complexity index is 379. The van der Waals surface area contributed by atoms with Gasteiger partial charge in [-0.15, -0.1) is 12.4 Å². The highest BCUT2D eigenvalue weighted by atomic mass is 35.5. The highest BCUT2D eigenvalue weighted by molar-refractivity contribution is 5.85. The Kier molecular flexibility index (Phi) is 2.90.